The number of aryl methyl sites for hydroxylation is 1. The molecule has 2 rings (SSSR count). The molecule has 0 saturated carbocycles. The van der Waals surface area contributed by atoms with Crippen LogP contribution >= 0.6 is 27.3 Å². The highest BCUT2D eigenvalue weighted by Gasteiger charge is 2.21. The minimum atomic E-state index is -1.42. The summed E-state index contributed by atoms with van der Waals surface area (Å²) in [4.78, 5) is 0. The van der Waals surface area contributed by atoms with E-state index in [0.29, 0.717) is 5.46 Å². The van der Waals surface area contributed by atoms with Crippen LogP contribution in [0.15, 0.2) is 22.0 Å². The monoisotopic (exact) mass is 270 g/mol. The fraction of sp³-hybridized carbons (Fsp3) is 0.111. The summed E-state index contributed by atoms with van der Waals surface area (Å²) in [6.45, 7) is 1.97. The van der Waals surface area contributed by atoms with Crippen molar-refractivity contribution in [3.8, 4) is 0 Å². The largest absolute Gasteiger partial charge is 0.491 e. The van der Waals surface area contributed by atoms with Gasteiger partial charge in [-0.1, -0.05) is 12.1 Å². The summed E-state index contributed by atoms with van der Waals surface area (Å²) in [5.41, 5.74) is 1.63. The summed E-state index contributed by atoms with van der Waals surface area (Å²) in [6.07, 6.45) is 0. The van der Waals surface area contributed by atoms with E-state index >= 15 is 0 Å². The first-order valence-electron chi connectivity index (χ1n) is 4.15. The number of halogens is 1. The maximum Gasteiger partial charge on any atom is 0.491 e. The van der Waals surface area contributed by atoms with Gasteiger partial charge in [-0.05, 0) is 39.9 Å². The van der Waals surface area contributed by atoms with Gasteiger partial charge < -0.3 is 10.0 Å². The van der Waals surface area contributed by atoms with Crippen LogP contribution in [0.25, 0.3) is 10.1 Å². The second-order valence-electron chi connectivity index (χ2n) is 3.11. The van der Waals surface area contributed by atoms with E-state index in [1.54, 1.807) is 0 Å². The van der Waals surface area contributed by atoms with E-state index in [-0.39, 0.29) is 0 Å². The Morgan fingerprint density at radius 3 is 2.71 bits per heavy atom. The smallest absolute Gasteiger partial charge is 0.423 e. The topological polar surface area (TPSA) is 40.5 Å². The zero-order valence-corrected chi connectivity index (χ0v) is 9.89. The van der Waals surface area contributed by atoms with Crippen LogP contribution in [-0.4, -0.2) is 17.2 Å². The van der Waals surface area contributed by atoms with E-state index in [2.05, 4.69) is 15.9 Å². The maximum atomic E-state index is 9.25. The van der Waals surface area contributed by atoms with Crippen molar-refractivity contribution in [1.29, 1.82) is 0 Å². The van der Waals surface area contributed by atoms with E-state index < -0.39 is 7.12 Å². The molecule has 0 spiro atoms. The summed E-state index contributed by atoms with van der Waals surface area (Å²) >= 11 is 4.86. The number of hydrogen-bond acceptors (Lipinski definition) is 3. The van der Waals surface area contributed by atoms with E-state index in [4.69, 9.17) is 0 Å². The molecule has 0 unspecified atom stereocenters. The average Bonchev–Trinajstić information content (AvgIpc) is 2.42. The zero-order chi connectivity index (χ0) is 10.3. The number of fused-ring (bicyclic) bond motifs is 1. The van der Waals surface area contributed by atoms with Crippen LogP contribution in [0.5, 0.6) is 0 Å². The Hall–Kier alpha value is -0.355. The van der Waals surface area contributed by atoms with Gasteiger partial charge >= 0.3 is 7.12 Å². The van der Waals surface area contributed by atoms with E-state index in [1.807, 2.05) is 25.1 Å². The summed E-state index contributed by atoms with van der Waals surface area (Å²) < 4.78 is 1.86. The first-order valence-corrected chi connectivity index (χ1v) is 5.76. The fourth-order valence-electron chi connectivity index (χ4n) is 1.55. The van der Waals surface area contributed by atoms with Gasteiger partial charge in [-0.15, -0.1) is 11.3 Å². The van der Waals surface area contributed by atoms with Gasteiger partial charge in [-0.25, -0.2) is 0 Å². The third-order valence-electron chi connectivity index (χ3n) is 2.17. The zero-order valence-electron chi connectivity index (χ0n) is 7.49. The van der Waals surface area contributed by atoms with Crippen molar-refractivity contribution in [3.05, 3.63) is 27.5 Å². The normalized spacial score (nSPS) is 10.9. The van der Waals surface area contributed by atoms with Crippen LogP contribution < -0.4 is 5.46 Å². The molecule has 1 heterocycles. The van der Waals surface area contributed by atoms with Gasteiger partial charge in [0.15, 0.2) is 0 Å². The van der Waals surface area contributed by atoms with Crippen molar-refractivity contribution in [2.45, 2.75) is 6.92 Å². The Kier molecular flexibility index (Phi) is 2.66. The summed E-state index contributed by atoms with van der Waals surface area (Å²) in [5, 5.41) is 19.4. The molecule has 2 N–H and O–H groups in total. The minimum absolute atomic E-state index is 0.572. The van der Waals surface area contributed by atoms with Gasteiger partial charge in [0.2, 0.25) is 0 Å². The molecule has 2 nitrogen and oxygen atoms in total. The lowest BCUT2D eigenvalue weighted by Crippen LogP contribution is -2.30. The molecule has 0 aliphatic heterocycles. The second kappa shape index (κ2) is 3.66. The van der Waals surface area contributed by atoms with Crippen LogP contribution in [0.1, 0.15) is 5.56 Å². The first kappa shape index (κ1) is 10.2. The Labute approximate surface area is 94.5 Å². The molecule has 0 saturated heterocycles. The van der Waals surface area contributed by atoms with Crippen molar-refractivity contribution in [2.75, 3.05) is 0 Å². The molecule has 0 aliphatic rings. The molecule has 72 valence electrons. The number of benzene rings is 1. The van der Waals surface area contributed by atoms with Crippen LogP contribution in [0, 0.1) is 6.92 Å². The van der Waals surface area contributed by atoms with Gasteiger partial charge in [-0.2, -0.15) is 0 Å². The van der Waals surface area contributed by atoms with Gasteiger partial charge in [-0.3, -0.25) is 0 Å². The maximum absolute atomic E-state index is 9.25. The quantitative estimate of drug-likeness (QED) is 0.774. The number of hydrogen-bond donors (Lipinski definition) is 2. The Morgan fingerprint density at radius 1 is 1.36 bits per heavy atom. The highest BCUT2D eigenvalue weighted by molar-refractivity contribution is 9.11. The van der Waals surface area contributed by atoms with E-state index in [9.17, 15) is 10.0 Å². The molecule has 0 atom stereocenters. The molecule has 1 aromatic heterocycles. The van der Waals surface area contributed by atoms with Gasteiger partial charge in [0, 0.05) is 10.2 Å². The predicted molar refractivity (Wildman–Crippen MR) is 64.1 cm³/mol. The van der Waals surface area contributed by atoms with E-state index in [0.717, 1.165) is 19.4 Å². The van der Waals surface area contributed by atoms with Crippen LogP contribution in [0.3, 0.4) is 0 Å². The lowest BCUT2D eigenvalue weighted by molar-refractivity contribution is 0.426. The third kappa shape index (κ3) is 1.50. The van der Waals surface area contributed by atoms with E-state index in [1.165, 1.54) is 11.3 Å². The highest BCUT2D eigenvalue weighted by atomic mass is 79.9. The third-order valence-corrected chi connectivity index (χ3v) is 4.05. The van der Waals surface area contributed by atoms with Crippen molar-refractivity contribution in [2.24, 2.45) is 0 Å². The molecule has 0 fully saturated rings. The molecule has 2 aromatic rings. The Morgan fingerprint density at radius 2 is 2.07 bits per heavy atom. The molecule has 0 amide bonds. The molecule has 0 aliphatic carbocycles. The van der Waals surface area contributed by atoms with Gasteiger partial charge in [0.1, 0.15) is 0 Å². The van der Waals surface area contributed by atoms with Gasteiger partial charge in [0.05, 0.1) is 3.79 Å². The molecule has 5 heteroatoms. The highest BCUT2D eigenvalue weighted by Crippen LogP contribution is 2.29. The molecule has 0 bridgehead atoms. The van der Waals surface area contributed by atoms with Crippen LogP contribution in [0.4, 0.5) is 0 Å². The molecule has 1 aromatic carbocycles. The minimum Gasteiger partial charge on any atom is -0.423 e. The SMILES string of the molecule is Cc1cccc2sc(Br)c(B(O)O)c12. The summed E-state index contributed by atoms with van der Waals surface area (Å²) in [6, 6.07) is 5.91. The predicted octanol–water partition coefficient (Wildman–Crippen LogP) is 1.65. The Balaban J connectivity index is 2.86. The second-order valence-corrected chi connectivity index (χ2v) is 5.48. The van der Waals surface area contributed by atoms with Crippen molar-refractivity contribution in [3.63, 3.8) is 0 Å². The fourth-order valence-corrected chi connectivity index (χ4v) is 3.51. The summed E-state index contributed by atoms with van der Waals surface area (Å²) in [7, 11) is -1.42. The molecule has 14 heavy (non-hydrogen) atoms. The molecular formula is C9H8BBrO2S. The van der Waals surface area contributed by atoms with Crippen molar-refractivity contribution < 1.29 is 10.0 Å². The van der Waals surface area contributed by atoms with Gasteiger partial charge in [0.25, 0.3) is 0 Å². The van der Waals surface area contributed by atoms with Crippen LogP contribution in [0.2, 0.25) is 0 Å². The lowest BCUT2D eigenvalue weighted by atomic mass is 9.79. The summed E-state index contributed by atoms with van der Waals surface area (Å²) in [5.74, 6) is 0. The average molecular weight is 271 g/mol. The van der Waals surface area contributed by atoms with Crippen molar-refractivity contribution >= 4 is 49.9 Å². The molecular weight excluding hydrogens is 263 g/mol. The standard InChI is InChI=1S/C9H8BBrO2S/c1-5-3-2-4-6-7(5)8(10(12)13)9(11)14-6/h2-4,12-13H,1H3. The number of thiophene rings is 1. The van der Waals surface area contributed by atoms with Crippen molar-refractivity contribution in [1.82, 2.24) is 0 Å². The van der Waals surface area contributed by atoms with Crippen LogP contribution in [-0.2, 0) is 0 Å². The first-order chi connectivity index (χ1) is 6.61. The lowest BCUT2D eigenvalue weighted by Gasteiger charge is -2.00. The Bertz CT molecular complexity index is 481. The molecule has 0 radical (unpaired) electrons. The number of rotatable bonds is 1.